The highest BCUT2D eigenvalue weighted by Crippen LogP contribution is 2.39. The second kappa shape index (κ2) is 5.26. The summed E-state index contributed by atoms with van der Waals surface area (Å²) >= 11 is 12.5. The minimum atomic E-state index is 0.384. The van der Waals surface area contributed by atoms with Gasteiger partial charge in [0.15, 0.2) is 0 Å². The van der Waals surface area contributed by atoms with Gasteiger partial charge in [0.2, 0.25) is 0 Å². The zero-order valence-corrected chi connectivity index (χ0v) is 14.2. The van der Waals surface area contributed by atoms with Crippen molar-refractivity contribution < 1.29 is 0 Å². The molecule has 7 heteroatoms. The maximum absolute atomic E-state index is 6.45. The van der Waals surface area contributed by atoms with Gasteiger partial charge in [-0.1, -0.05) is 23.2 Å². The third-order valence-electron chi connectivity index (χ3n) is 4.08. The molecule has 2 aromatic carbocycles. The van der Waals surface area contributed by atoms with E-state index in [-0.39, 0.29) is 0 Å². The summed E-state index contributed by atoms with van der Waals surface area (Å²) in [5.41, 5.74) is 17.7. The fourth-order valence-corrected chi connectivity index (χ4v) is 3.74. The molecule has 0 aliphatic rings. The number of anilines is 2. The molecule has 120 valence electrons. The van der Waals surface area contributed by atoms with Crippen molar-refractivity contribution in [2.24, 2.45) is 0 Å². The summed E-state index contributed by atoms with van der Waals surface area (Å²) in [6, 6.07) is 7.31. The Kier molecular flexibility index (Phi) is 3.30. The van der Waals surface area contributed by atoms with E-state index in [1.807, 2.05) is 29.5 Å². The number of aryl methyl sites for hydroxylation is 1. The molecule has 0 atom stereocenters. The Labute approximate surface area is 147 Å². The van der Waals surface area contributed by atoms with Crippen molar-refractivity contribution >= 4 is 51.3 Å². The summed E-state index contributed by atoms with van der Waals surface area (Å²) in [5.74, 6) is 0.384. The molecule has 2 aromatic heterocycles. The Bertz CT molecular complexity index is 1090. The highest BCUT2D eigenvalue weighted by Gasteiger charge is 2.17. The molecule has 0 radical (unpaired) electrons. The van der Waals surface area contributed by atoms with Crippen LogP contribution in [0.5, 0.6) is 0 Å². The number of rotatable bonds is 1. The van der Waals surface area contributed by atoms with E-state index >= 15 is 0 Å². The normalized spacial score (nSPS) is 11.5. The fourth-order valence-electron chi connectivity index (χ4n) is 3.05. The number of nitrogen functional groups attached to an aromatic ring is 2. The van der Waals surface area contributed by atoms with Crippen LogP contribution in [-0.2, 0) is 0 Å². The third-order valence-corrected chi connectivity index (χ3v) is 4.59. The summed E-state index contributed by atoms with van der Waals surface area (Å²) in [6.07, 6.45) is 3.33. The molecule has 5 nitrogen and oxygen atoms in total. The lowest BCUT2D eigenvalue weighted by molar-refractivity contribution is 1.19. The van der Waals surface area contributed by atoms with Crippen LogP contribution in [0.2, 0.25) is 10.0 Å². The minimum Gasteiger partial charge on any atom is -0.397 e. The van der Waals surface area contributed by atoms with Crippen LogP contribution in [0.15, 0.2) is 36.8 Å². The number of fused-ring (bicyclic) bond motifs is 3. The SMILES string of the molecule is Cc1cc(Cl)cc(Cl)c1-c1ccc(N)c2c1nc(N)c1cncn12. The molecule has 2 heterocycles. The van der Waals surface area contributed by atoms with Crippen LogP contribution in [0.4, 0.5) is 11.5 Å². The van der Waals surface area contributed by atoms with Gasteiger partial charge in [0.05, 0.1) is 34.3 Å². The number of nitrogens with zero attached hydrogens (tertiary/aromatic N) is 3. The first kappa shape index (κ1) is 15.1. The Morgan fingerprint density at radius 3 is 2.67 bits per heavy atom. The summed E-state index contributed by atoms with van der Waals surface area (Å²) in [4.78, 5) is 8.71. The van der Waals surface area contributed by atoms with Gasteiger partial charge in [-0.15, -0.1) is 0 Å². The lowest BCUT2D eigenvalue weighted by Crippen LogP contribution is -2.02. The molecule has 4 N–H and O–H groups in total. The smallest absolute Gasteiger partial charge is 0.150 e. The second-order valence-electron chi connectivity index (χ2n) is 5.63. The van der Waals surface area contributed by atoms with Crippen LogP contribution in [-0.4, -0.2) is 14.4 Å². The number of benzene rings is 2. The lowest BCUT2D eigenvalue weighted by Gasteiger charge is -2.14. The Morgan fingerprint density at radius 1 is 1.12 bits per heavy atom. The quantitative estimate of drug-likeness (QED) is 0.496. The molecule has 0 saturated carbocycles. The van der Waals surface area contributed by atoms with Gasteiger partial charge >= 0.3 is 0 Å². The molecular weight excluding hydrogens is 345 g/mol. The zero-order chi connectivity index (χ0) is 17.0. The fraction of sp³-hybridized carbons (Fsp3) is 0.0588. The van der Waals surface area contributed by atoms with Crippen molar-refractivity contribution in [3.05, 3.63) is 52.4 Å². The number of hydrogen-bond acceptors (Lipinski definition) is 4. The summed E-state index contributed by atoms with van der Waals surface area (Å²) in [7, 11) is 0. The molecule has 0 aliphatic carbocycles. The maximum atomic E-state index is 6.45. The molecule has 0 amide bonds. The first-order valence-electron chi connectivity index (χ1n) is 7.23. The van der Waals surface area contributed by atoms with Gasteiger partial charge in [-0.3, -0.25) is 4.40 Å². The summed E-state index contributed by atoms with van der Waals surface area (Å²) < 4.78 is 1.84. The standard InChI is InChI=1S/C17H13Cl2N5/c1-8-4-9(18)5-11(19)14(8)10-2-3-12(20)16-15(10)23-17(21)13-6-22-7-24(13)16/h2-7H,20H2,1H3,(H2,21,23). The van der Waals surface area contributed by atoms with E-state index < -0.39 is 0 Å². The molecule has 0 aliphatic heterocycles. The summed E-state index contributed by atoms with van der Waals surface area (Å²) in [6.45, 7) is 1.95. The molecule has 0 spiro atoms. The molecule has 0 fully saturated rings. The Balaban J connectivity index is 2.19. The van der Waals surface area contributed by atoms with Gasteiger partial charge < -0.3 is 11.5 Å². The number of aromatic nitrogens is 3. The van der Waals surface area contributed by atoms with Crippen LogP contribution >= 0.6 is 23.2 Å². The van der Waals surface area contributed by atoms with E-state index in [2.05, 4.69) is 9.97 Å². The first-order valence-corrected chi connectivity index (χ1v) is 7.98. The van der Waals surface area contributed by atoms with Crippen molar-refractivity contribution in [2.45, 2.75) is 6.92 Å². The monoisotopic (exact) mass is 357 g/mol. The van der Waals surface area contributed by atoms with Gasteiger partial charge in [0, 0.05) is 16.1 Å². The van der Waals surface area contributed by atoms with E-state index in [9.17, 15) is 0 Å². The number of imidazole rings is 1. The van der Waals surface area contributed by atoms with Gasteiger partial charge in [0.1, 0.15) is 11.3 Å². The van der Waals surface area contributed by atoms with Crippen molar-refractivity contribution in [3.8, 4) is 11.1 Å². The number of nitrogens with two attached hydrogens (primary N) is 2. The van der Waals surface area contributed by atoms with E-state index in [4.69, 9.17) is 34.7 Å². The molecule has 4 rings (SSSR count). The largest absolute Gasteiger partial charge is 0.397 e. The second-order valence-corrected chi connectivity index (χ2v) is 6.47. The lowest BCUT2D eigenvalue weighted by atomic mass is 9.98. The third kappa shape index (κ3) is 2.09. The van der Waals surface area contributed by atoms with Gasteiger partial charge in [-0.25, -0.2) is 9.97 Å². The first-order chi connectivity index (χ1) is 11.5. The topological polar surface area (TPSA) is 82.2 Å². The molecular formula is C17H13Cl2N5. The highest BCUT2D eigenvalue weighted by molar-refractivity contribution is 6.37. The Hall–Kier alpha value is -2.50. The van der Waals surface area contributed by atoms with Crippen LogP contribution < -0.4 is 11.5 Å². The minimum absolute atomic E-state index is 0.384. The number of hydrogen-bond donors (Lipinski definition) is 2. The molecule has 0 bridgehead atoms. The van der Waals surface area contributed by atoms with Crippen LogP contribution in [0.1, 0.15) is 5.56 Å². The number of halogens is 2. The maximum Gasteiger partial charge on any atom is 0.150 e. The molecule has 4 aromatic rings. The van der Waals surface area contributed by atoms with Crippen molar-refractivity contribution in [1.82, 2.24) is 14.4 Å². The molecule has 0 saturated heterocycles. The van der Waals surface area contributed by atoms with Crippen LogP contribution in [0, 0.1) is 6.92 Å². The van der Waals surface area contributed by atoms with Crippen LogP contribution in [0.3, 0.4) is 0 Å². The predicted octanol–water partition coefficient (Wildman–Crippen LogP) is 4.33. The van der Waals surface area contributed by atoms with Gasteiger partial charge in [-0.2, -0.15) is 0 Å². The Morgan fingerprint density at radius 2 is 1.92 bits per heavy atom. The summed E-state index contributed by atoms with van der Waals surface area (Å²) in [5, 5.41) is 1.14. The van der Waals surface area contributed by atoms with Crippen LogP contribution in [0.25, 0.3) is 27.7 Å². The van der Waals surface area contributed by atoms with Gasteiger partial charge in [-0.05, 0) is 36.8 Å². The molecule has 0 unspecified atom stereocenters. The molecule has 24 heavy (non-hydrogen) atoms. The van der Waals surface area contributed by atoms with E-state index in [0.29, 0.717) is 32.6 Å². The van der Waals surface area contributed by atoms with E-state index in [1.165, 1.54) is 0 Å². The van der Waals surface area contributed by atoms with Crippen molar-refractivity contribution in [1.29, 1.82) is 0 Å². The zero-order valence-electron chi connectivity index (χ0n) is 12.7. The van der Waals surface area contributed by atoms with Gasteiger partial charge in [0.25, 0.3) is 0 Å². The van der Waals surface area contributed by atoms with Crippen molar-refractivity contribution in [3.63, 3.8) is 0 Å². The average molecular weight is 358 g/mol. The highest BCUT2D eigenvalue weighted by atomic mass is 35.5. The average Bonchev–Trinajstić information content (AvgIpc) is 2.98. The van der Waals surface area contributed by atoms with E-state index in [1.54, 1.807) is 18.6 Å². The predicted molar refractivity (Wildman–Crippen MR) is 99.5 cm³/mol. The van der Waals surface area contributed by atoms with E-state index in [0.717, 1.165) is 22.2 Å². The van der Waals surface area contributed by atoms with Crippen molar-refractivity contribution in [2.75, 3.05) is 11.5 Å².